The summed E-state index contributed by atoms with van der Waals surface area (Å²) in [4.78, 5) is 25.5. The van der Waals surface area contributed by atoms with Gasteiger partial charge in [-0.3, -0.25) is 19.5 Å². The van der Waals surface area contributed by atoms with E-state index in [0.717, 1.165) is 19.3 Å². The lowest BCUT2D eigenvalue weighted by atomic mass is 9.93. The third-order valence-electron chi connectivity index (χ3n) is 3.56. The van der Waals surface area contributed by atoms with E-state index >= 15 is 0 Å². The monoisotopic (exact) mass is 277 g/mol. The number of H-pyrrole nitrogens is 1. The zero-order chi connectivity index (χ0) is 13.6. The van der Waals surface area contributed by atoms with Gasteiger partial charge in [0.15, 0.2) is 4.77 Å². The Morgan fingerprint density at radius 1 is 1.42 bits per heavy atom. The summed E-state index contributed by atoms with van der Waals surface area (Å²) < 4.78 is 1.93. The van der Waals surface area contributed by atoms with Gasteiger partial charge in [0.05, 0.1) is 15.8 Å². The zero-order valence-corrected chi connectivity index (χ0v) is 10.8. The van der Waals surface area contributed by atoms with Crippen LogP contribution in [0.2, 0.25) is 0 Å². The highest BCUT2D eigenvalue weighted by atomic mass is 32.1. The van der Waals surface area contributed by atoms with E-state index in [1.807, 2.05) is 0 Å². The Morgan fingerprint density at radius 3 is 2.74 bits per heavy atom. The van der Waals surface area contributed by atoms with E-state index in [2.05, 4.69) is 4.98 Å². The van der Waals surface area contributed by atoms with E-state index in [9.17, 15) is 14.9 Å². The van der Waals surface area contributed by atoms with Crippen molar-refractivity contribution in [3.05, 3.63) is 43.4 Å². The molecule has 1 aromatic heterocycles. The molecule has 0 saturated heterocycles. The predicted molar refractivity (Wildman–Crippen MR) is 72.9 cm³/mol. The molecule has 0 bridgehead atoms. The minimum Gasteiger partial charge on any atom is -0.331 e. The number of nitro benzene ring substituents is 1. The predicted octanol–water partition coefficient (Wildman–Crippen LogP) is 2.69. The fourth-order valence-electron chi connectivity index (χ4n) is 2.31. The van der Waals surface area contributed by atoms with Gasteiger partial charge in [-0.1, -0.05) is 0 Å². The molecule has 1 saturated carbocycles. The van der Waals surface area contributed by atoms with E-state index in [1.165, 1.54) is 18.2 Å². The van der Waals surface area contributed by atoms with Crippen molar-refractivity contribution in [1.82, 2.24) is 9.55 Å². The number of nitrogens with one attached hydrogen (secondary N) is 1. The molecule has 1 aromatic carbocycles. The summed E-state index contributed by atoms with van der Waals surface area (Å²) in [5, 5.41) is 11.2. The van der Waals surface area contributed by atoms with Gasteiger partial charge in [0.25, 0.3) is 11.2 Å². The van der Waals surface area contributed by atoms with Crippen LogP contribution in [0, 0.1) is 14.9 Å². The maximum atomic E-state index is 12.4. The first-order chi connectivity index (χ1) is 9.08. The first-order valence-corrected chi connectivity index (χ1v) is 6.42. The Morgan fingerprint density at radius 2 is 2.16 bits per heavy atom. The average molecular weight is 277 g/mol. The molecule has 0 atom stereocenters. The van der Waals surface area contributed by atoms with Crippen molar-refractivity contribution in [3.8, 4) is 0 Å². The fraction of sp³-hybridized carbons (Fsp3) is 0.333. The minimum atomic E-state index is -0.492. The molecule has 1 fully saturated rings. The molecule has 6 nitrogen and oxygen atoms in total. The van der Waals surface area contributed by atoms with Gasteiger partial charge in [-0.15, -0.1) is 0 Å². The van der Waals surface area contributed by atoms with E-state index in [1.54, 1.807) is 4.57 Å². The third-order valence-corrected chi connectivity index (χ3v) is 3.86. The molecule has 1 N–H and O–H groups in total. The molecule has 98 valence electrons. The van der Waals surface area contributed by atoms with Crippen LogP contribution in [-0.2, 0) is 0 Å². The first kappa shape index (κ1) is 12.0. The molecule has 3 rings (SSSR count). The molecular formula is C12H11N3O3S. The summed E-state index contributed by atoms with van der Waals surface area (Å²) in [6.07, 6.45) is 3.01. The lowest BCUT2D eigenvalue weighted by molar-refractivity contribution is -0.384. The molecule has 0 aliphatic heterocycles. The topological polar surface area (TPSA) is 80.9 Å². The van der Waals surface area contributed by atoms with E-state index in [0.29, 0.717) is 15.7 Å². The van der Waals surface area contributed by atoms with Crippen molar-refractivity contribution in [1.29, 1.82) is 0 Å². The van der Waals surface area contributed by atoms with Crippen LogP contribution in [0.5, 0.6) is 0 Å². The highest BCUT2D eigenvalue weighted by Crippen LogP contribution is 2.30. The first-order valence-electron chi connectivity index (χ1n) is 6.01. The average Bonchev–Trinajstić information content (AvgIpc) is 2.31. The van der Waals surface area contributed by atoms with Crippen LogP contribution in [0.3, 0.4) is 0 Å². The highest BCUT2D eigenvalue weighted by Gasteiger charge is 2.22. The van der Waals surface area contributed by atoms with Crippen molar-refractivity contribution in [2.75, 3.05) is 0 Å². The molecule has 0 radical (unpaired) electrons. The van der Waals surface area contributed by atoms with Gasteiger partial charge in [0, 0.05) is 18.2 Å². The second kappa shape index (κ2) is 4.27. The van der Waals surface area contributed by atoms with E-state index < -0.39 is 4.92 Å². The number of non-ortho nitro benzene ring substituents is 1. The van der Waals surface area contributed by atoms with Crippen molar-refractivity contribution in [2.24, 2.45) is 0 Å². The minimum absolute atomic E-state index is 0.0565. The molecule has 1 heterocycles. The van der Waals surface area contributed by atoms with Gasteiger partial charge >= 0.3 is 0 Å². The van der Waals surface area contributed by atoms with Crippen LogP contribution in [0.25, 0.3) is 10.9 Å². The Kier molecular flexibility index (Phi) is 2.70. The molecule has 7 heteroatoms. The summed E-state index contributed by atoms with van der Waals surface area (Å²) in [5.41, 5.74) is 0.192. The summed E-state index contributed by atoms with van der Waals surface area (Å²) in [6, 6.07) is 4.33. The van der Waals surface area contributed by atoms with Gasteiger partial charge in [-0.2, -0.15) is 0 Å². The summed E-state index contributed by atoms with van der Waals surface area (Å²) in [7, 11) is 0. The molecule has 0 unspecified atom stereocenters. The van der Waals surface area contributed by atoms with Gasteiger partial charge in [0.2, 0.25) is 0 Å². The fourth-order valence-corrected chi connectivity index (χ4v) is 2.65. The Hall–Kier alpha value is -2.02. The third kappa shape index (κ3) is 1.86. The van der Waals surface area contributed by atoms with Crippen LogP contribution in [0.15, 0.2) is 23.0 Å². The van der Waals surface area contributed by atoms with Gasteiger partial charge in [-0.05, 0) is 37.5 Å². The normalized spacial score (nSPS) is 15.4. The number of hydrogen-bond acceptors (Lipinski definition) is 4. The highest BCUT2D eigenvalue weighted by molar-refractivity contribution is 7.71. The number of nitro groups is 1. The van der Waals surface area contributed by atoms with Crippen LogP contribution in [0.4, 0.5) is 5.69 Å². The lowest BCUT2D eigenvalue weighted by Gasteiger charge is -2.27. The number of hydrogen-bond donors (Lipinski definition) is 1. The maximum absolute atomic E-state index is 12.4. The quantitative estimate of drug-likeness (QED) is 0.520. The standard InChI is InChI=1S/C12H11N3O3S/c16-11-9-5-4-8(15(17)18)6-10(9)13-12(19)14(11)7-2-1-3-7/h4-7H,1-3H2,(H,13,19). The van der Waals surface area contributed by atoms with Crippen molar-refractivity contribution < 1.29 is 4.92 Å². The number of fused-ring (bicyclic) bond motifs is 1. The van der Waals surface area contributed by atoms with Crippen molar-refractivity contribution >= 4 is 28.8 Å². The van der Waals surface area contributed by atoms with Gasteiger partial charge in [-0.25, -0.2) is 0 Å². The van der Waals surface area contributed by atoms with Crippen LogP contribution < -0.4 is 5.56 Å². The Labute approximate surface area is 112 Å². The van der Waals surface area contributed by atoms with Crippen LogP contribution in [0.1, 0.15) is 25.3 Å². The Balaban J connectivity index is 2.28. The van der Waals surface area contributed by atoms with Crippen molar-refractivity contribution in [3.63, 3.8) is 0 Å². The molecule has 0 spiro atoms. The number of benzene rings is 1. The number of aromatic amines is 1. The number of aromatic nitrogens is 2. The second-order valence-electron chi connectivity index (χ2n) is 4.68. The smallest absolute Gasteiger partial charge is 0.271 e. The summed E-state index contributed by atoms with van der Waals surface area (Å²) in [6.45, 7) is 0. The maximum Gasteiger partial charge on any atom is 0.271 e. The molecule has 1 aliphatic carbocycles. The lowest BCUT2D eigenvalue weighted by Crippen LogP contribution is -2.30. The number of nitrogens with zero attached hydrogens (tertiary/aromatic N) is 2. The van der Waals surface area contributed by atoms with E-state index in [4.69, 9.17) is 12.2 Å². The van der Waals surface area contributed by atoms with Gasteiger partial charge in [0.1, 0.15) is 0 Å². The largest absolute Gasteiger partial charge is 0.331 e. The van der Waals surface area contributed by atoms with Crippen LogP contribution in [-0.4, -0.2) is 14.5 Å². The SMILES string of the molecule is O=c1c2ccc([N+](=O)[O-])cc2[nH]c(=S)n1C1CCC1. The van der Waals surface area contributed by atoms with E-state index in [-0.39, 0.29) is 17.3 Å². The molecule has 1 aliphatic rings. The van der Waals surface area contributed by atoms with Gasteiger partial charge < -0.3 is 4.98 Å². The molecule has 19 heavy (non-hydrogen) atoms. The van der Waals surface area contributed by atoms with Crippen LogP contribution >= 0.6 is 12.2 Å². The van der Waals surface area contributed by atoms with Crippen molar-refractivity contribution in [2.45, 2.75) is 25.3 Å². The zero-order valence-electron chi connectivity index (χ0n) is 9.96. The number of rotatable bonds is 2. The summed E-state index contributed by atoms with van der Waals surface area (Å²) in [5.74, 6) is 0. The Bertz CT molecular complexity index is 789. The summed E-state index contributed by atoms with van der Waals surface area (Å²) >= 11 is 5.19. The second-order valence-corrected chi connectivity index (χ2v) is 5.06. The molecule has 2 aromatic rings. The molecule has 0 amide bonds. The molecular weight excluding hydrogens is 266 g/mol.